The molecule has 3 rings (SSSR count). The second kappa shape index (κ2) is 10.5. The van der Waals surface area contributed by atoms with Crippen molar-refractivity contribution in [3.8, 4) is 5.75 Å². The fraction of sp³-hybridized carbons (Fsp3) is 0.304. The molecule has 1 aliphatic rings. The molecule has 29 heavy (non-hydrogen) atoms. The molecular weight excluding hydrogens is 368 g/mol. The van der Waals surface area contributed by atoms with Crippen LogP contribution in [0.5, 0.6) is 5.75 Å². The molecule has 0 fully saturated rings. The summed E-state index contributed by atoms with van der Waals surface area (Å²) < 4.78 is 5.90. The normalized spacial score (nSPS) is 16.0. The Labute approximate surface area is 170 Å². The van der Waals surface area contributed by atoms with Gasteiger partial charge in [-0.1, -0.05) is 36.4 Å². The van der Waals surface area contributed by atoms with Crippen LogP contribution in [0.1, 0.15) is 40.7 Å². The van der Waals surface area contributed by atoms with Gasteiger partial charge in [0.1, 0.15) is 5.75 Å². The van der Waals surface area contributed by atoms with Crippen molar-refractivity contribution in [2.75, 3.05) is 19.7 Å². The topological polar surface area (TPSA) is 78.9 Å². The average Bonchev–Trinajstić information content (AvgIpc) is 2.78. The summed E-state index contributed by atoms with van der Waals surface area (Å²) in [7, 11) is 0. The van der Waals surface area contributed by atoms with Crippen LogP contribution in [-0.4, -0.2) is 41.5 Å². The van der Waals surface area contributed by atoms with Crippen molar-refractivity contribution in [2.45, 2.75) is 25.8 Å². The third-order valence-corrected chi connectivity index (χ3v) is 4.84. The largest absolute Gasteiger partial charge is 0.493 e. The molecule has 6 heteroatoms. The number of fused-ring (bicyclic) bond motifs is 1. The third-order valence-electron chi connectivity index (χ3n) is 4.84. The van der Waals surface area contributed by atoms with Crippen molar-refractivity contribution >= 4 is 17.8 Å². The molecule has 6 nitrogen and oxygen atoms in total. The van der Waals surface area contributed by atoms with Gasteiger partial charge < -0.3 is 4.74 Å². The Morgan fingerprint density at radius 1 is 1.14 bits per heavy atom. The minimum atomic E-state index is -0.623. The Bertz CT molecular complexity index is 864. The van der Waals surface area contributed by atoms with E-state index in [1.54, 1.807) is 29.8 Å². The predicted octanol–water partition coefficient (Wildman–Crippen LogP) is 3.45. The summed E-state index contributed by atoms with van der Waals surface area (Å²) in [6.45, 7) is 3.17. The summed E-state index contributed by atoms with van der Waals surface area (Å²) >= 11 is 0. The van der Waals surface area contributed by atoms with Crippen molar-refractivity contribution in [3.05, 3.63) is 71.3 Å². The lowest BCUT2D eigenvalue weighted by Crippen LogP contribution is -2.26. The Balaban J connectivity index is 1.70. The number of carbonyl (C=O) groups is 2. The van der Waals surface area contributed by atoms with Crippen LogP contribution in [-0.2, 0) is 11.3 Å². The van der Waals surface area contributed by atoms with Crippen LogP contribution in [0.3, 0.4) is 0 Å². The van der Waals surface area contributed by atoms with E-state index >= 15 is 0 Å². The number of hydrogen-bond acceptors (Lipinski definition) is 5. The molecule has 152 valence electrons. The van der Waals surface area contributed by atoms with Gasteiger partial charge >= 0.3 is 0 Å². The lowest BCUT2D eigenvalue weighted by atomic mass is 10.0. The van der Waals surface area contributed by atoms with Crippen molar-refractivity contribution < 1.29 is 19.5 Å². The summed E-state index contributed by atoms with van der Waals surface area (Å²) in [4.78, 5) is 26.3. The van der Waals surface area contributed by atoms with Crippen LogP contribution in [0.25, 0.3) is 6.08 Å². The van der Waals surface area contributed by atoms with Gasteiger partial charge in [0.15, 0.2) is 5.78 Å². The molecule has 0 saturated carbocycles. The van der Waals surface area contributed by atoms with Gasteiger partial charge in [0, 0.05) is 25.6 Å². The first-order valence-corrected chi connectivity index (χ1v) is 9.84. The van der Waals surface area contributed by atoms with Crippen LogP contribution in [0.4, 0.5) is 0 Å². The number of nitrogens with zero attached hydrogens (tertiary/aromatic N) is 1. The molecule has 1 heterocycles. The van der Waals surface area contributed by atoms with E-state index in [0.29, 0.717) is 29.9 Å². The second-order valence-corrected chi connectivity index (χ2v) is 7.06. The standard InChI is InChI=1S/C23H26N2O4/c26-21-8-4-13-25(17-19-6-2-1-3-7-19)14-5-15-29-22-11-9-18(16-20(21)22)10-12-23(27)24-28/h1-3,6-7,9-12,16,28H,4-5,8,13-15,17H2,(H,24,27)/b12-10+. The number of benzene rings is 2. The zero-order valence-corrected chi connectivity index (χ0v) is 16.3. The second-order valence-electron chi connectivity index (χ2n) is 7.06. The van der Waals surface area contributed by atoms with Gasteiger partial charge in [-0.15, -0.1) is 0 Å². The molecule has 0 atom stereocenters. The number of ether oxygens (including phenoxy) is 1. The number of carbonyl (C=O) groups excluding carboxylic acids is 2. The summed E-state index contributed by atoms with van der Waals surface area (Å²) in [6, 6.07) is 15.6. The van der Waals surface area contributed by atoms with Gasteiger partial charge in [0.05, 0.1) is 12.2 Å². The minimum absolute atomic E-state index is 0.0309. The van der Waals surface area contributed by atoms with E-state index in [4.69, 9.17) is 9.94 Å². The number of nitrogens with one attached hydrogen (secondary N) is 1. The van der Waals surface area contributed by atoms with E-state index in [2.05, 4.69) is 17.0 Å². The smallest absolute Gasteiger partial charge is 0.267 e. The fourth-order valence-corrected chi connectivity index (χ4v) is 3.38. The van der Waals surface area contributed by atoms with Crippen LogP contribution in [0, 0.1) is 0 Å². The van der Waals surface area contributed by atoms with E-state index in [9.17, 15) is 9.59 Å². The molecule has 2 aromatic rings. The van der Waals surface area contributed by atoms with Crippen molar-refractivity contribution in [2.24, 2.45) is 0 Å². The van der Waals surface area contributed by atoms with E-state index < -0.39 is 5.91 Å². The Morgan fingerprint density at radius 3 is 2.72 bits per heavy atom. The van der Waals surface area contributed by atoms with Crippen LogP contribution < -0.4 is 10.2 Å². The van der Waals surface area contributed by atoms with E-state index in [0.717, 1.165) is 32.5 Å². The number of hydrogen-bond donors (Lipinski definition) is 2. The molecule has 1 amide bonds. The zero-order chi connectivity index (χ0) is 20.5. The SMILES string of the molecule is O=C(/C=C/c1ccc2c(c1)C(=O)CCCN(Cc1ccccc1)CCCO2)NO. The maximum atomic E-state index is 12.8. The van der Waals surface area contributed by atoms with E-state index in [1.807, 2.05) is 18.2 Å². The van der Waals surface area contributed by atoms with Crippen molar-refractivity contribution in [3.63, 3.8) is 0 Å². The number of rotatable bonds is 4. The molecule has 2 N–H and O–H groups in total. The maximum absolute atomic E-state index is 12.8. The van der Waals surface area contributed by atoms with Crippen LogP contribution in [0.2, 0.25) is 0 Å². The van der Waals surface area contributed by atoms with Gasteiger partial charge in [-0.25, -0.2) is 5.48 Å². The zero-order valence-electron chi connectivity index (χ0n) is 16.3. The Kier molecular flexibility index (Phi) is 7.55. The molecule has 0 aliphatic carbocycles. The molecule has 0 radical (unpaired) electrons. The molecule has 1 aliphatic heterocycles. The molecule has 2 aromatic carbocycles. The summed E-state index contributed by atoms with van der Waals surface area (Å²) in [5.41, 5.74) is 4.05. The number of Topliss-reactive ketones (excluding diaryl/α,β-unsaturated/α-hetero) is 1. The van der Waals surface area contributed by atoms with Gasteiger partial charge in [0.2, 0.25) is 0 Å². The van der Waals surface area contributed by atoms with Crippen molar-refractivity contribution in [1.29, 1.82) is 0 Å². The first kappa shape index (κ1) is 20.8. The van der Waals surface area contributed by atoms with Gasteiger partial charge in [-0.05, 0) is 48.7 Å². The van der Waals surface area contributed by atoms with Crippen LogP contribution in [0.15, 0.2) is 54.6 Å². The van der Waals surface area contributed by atoms with Gasteiger partial charge in [-0.2, -0.15) is 0 Å². The highest BCUT2D eigenvalue weighted by atomic mass is 16.5. The molecular formula is C23H26N2O4. The first-order valence-electron chi connectivity index (χ1n) is 9.84. The predicted molar refractivity (Wildman–Crippen MR) is 111 cm³/mol. The van der Waals surface area contributed by atoms with E-state index in [1.165, 1.54) is 11.6 Å². The van der Waals surface area contributed by atoms with Gasteiger partial charge in [-0.3, -0.25) is 19.7 Å². The Morgan fingerprint density at radius 2 is 1.93 bits per heavy atom. The van der Waals surface area contributed by atoms with E-state index in [-0.39, 0.29) is 5.78 Å². The monoisotopic (exact) mass is 394 g/mol. The maximum Gasteiger partial charge on any atom is 0.267 e. The summed E-state index contributed by atoms with van der Waals surface area (Å²) in [5.74, 6) is -0.0127. The molecule has 0 saturated heterocycles. The van der Waals surface area contributed by atoms with Gasteiger partial charge in [0.25, 0.3) is 5.91 Å². The number of ketones is 1. The minimum Gasteiger partial charge on any atom is -0.493 e. The highest BCUT2D eigenvalue weighted by Crippen LogP contribution is 2.24. The summed E-state index contributed by atoms with van der Waals surface area (Å²) in [5, 5.41) is 8.59. The Hall–Kier alpha value is -2.96. The highest BCUT2D eigenvalue weighted by molar-refractivity contribution is 5.99. The lowest BCUT2D eigenvalue weighted by molar-refractivity contribution is -0.124. The molecule has 0 spiro atoms. The molecule has 0 bridgehead atoms. The number of hydroxylamine groups is 1. The lowest BCUT2D eigenvalue weighted by Gasteiger charge is -2.22. The quantitative estimate of drug-likeness (QED) is 0.472. The molecule has 0 unspecified atom stereocenters. The third kappa shape index (κ3) is 6.27. The summed E-state index contributed by atoms with van der Waals surface area (Å²) in [6.07, 6.45) is 4.84. The number of amides is 1. The first-order chi connectivity index (χ1) is 14.2. The molecule has 0 aromatic heterocycles. The fourth-order valence-electron chi connectivity index (χ4n) is 3.38. The van der Waals surface area contributed by atoms with Crippen LogP contribution >= 0.6 is 0 Å². The van der Waals surface area contributed by atoms with Crippen molar-refractivity contribution in [1.82, 2.24) is 10.4 Å². The average molecular weight is 394 g/mol. The highest BCUT2D eigenvalue weighted by Gasteiger charge is 2.16.